The van der Waals surface area contributed by atoms with Gasteiger partial charge in [0.2, 0.25) is 0 Å². The molecule has 3 rings (SSSR count). The monoisotopic (exact) mass is 288 g/mol. The zero-order valence-electron chi connectivity index (χ0n) is 13.1. The van der Waals surface area contributed by atoms with Gasteiger partial charge in [-0.1, -0.05) is 6.07 Å². The molecule has 1 saturated heterocycles. The molecular formula is C17H28N4. The molecule has 1 aromatic rings. The van der Waals surface area contributed by atoms with Crippen LogP contribution in [-0.4, -0.2) is 49.2 Å². The molecule has 2 N–H and O–H groups in total. The van der Waals surface area contributed by atoms with Crippen molar-refractivity contribution in [1.29, 1.82) is 0 Å². The quantitative estimate of drug-likeness (QED) is 0.840. The van der Waals surface area contributed by atoms with Crippen molar-refractivity contribution in [2.45, 2.75) is 38.5 Å². The third kappa shape index (κ3) is 3.74. The standard InChI is InChI=1S/C17H28N4/c18-9-1-2-10-20-11-4-12-21(14-13-20)17-8-7-15-5-3-6-16(15)19-17/h7-8H,1-6,9-14,18H2. The van der Waals surface area contributed by atoms with Gasteiger partial charge >= 0.3 is 0 Å². The van der Waals surface area contributed by atoms with E-state index in [0.717, 1.165) is 32.6 Å². The first-order chi connectivity index (χ1) is 10.4. The summed E-state index contributed by atoms with van der Waals surface area (Å²) in [7, 11) is 0. The summed E-state index contributed by atoms with van der Waals surface area (Å²) in [6.45, 7) is 6.63. The Morgan fingerprint density at radius 1 is 1.00 bits per heavy atom. The van der Waals surface area contributed by atoms with Gasteiger partial charge in [-0.25, -0.2) is 4.98 Å². The molecule has 0 saturated carbocycles. The fourth-order valence-corrected chi connectivity index (χ4v) is 3.49. The average Bonchev–Trinajstić information content (AvgIpc) is 2.85. The van der Waals surface area contributed by atoms with E-state index in [-0.39, 0.29) is 0 Å². The molecule has 116 valence electrons. The molecule has 2 heterocycles. The third-order valence-corrected chi connectivity index (χ3v) is 4.75. The zero-order valence-corrected chi connectivity index (χ0v) is 13.1. The molecule has 0 radical (unpaired) electrons. The first-order valence-electron chi connectivity index (χ1n) is 8.53. The highest BCUT2D eigenvalue weighted by molar-refractivity contribution is 5.43. The van der Waals surface area contributed by atoms with Crippen molar-refractivity contribution < 1.29 is 0 Å². The molecule has 4 nitrogen and oxygen atoms in total. The Kier molecular flexibility index (Phi) is 5.09. The fourth-order valence-electron chi connectivity index (χ4n) is 3.49. The van der Waals surface area contributed by atoms with Gasteiger partial charge in [0, 0.05) is 25.3 Å². The van der Waals surface area contributed by atoms with Crippen LogP contribution in [0.1, 0.15) is 36.9 Å². The van der Waals surface area contributed by atoms with E-state index in [0.29, 0.717) is 0 Å². The second-order valence-corrected chi connectivity index (χ2v) is 6.31. The molecule has 1 aromatic heterocycles. The van der Waals surface area contributed by atoms with Gasteiger partial charge < -0.3 is 15.5 Å². The number of nitrogens with zero attached hydrogens (tertiary/aromatic N) is 3. The van der Waals surface area contributed by atoms with Crippen LogP contribution in [0.15, 0.2) is 12.1 Å². The summed E-state index contributed by atoms with van der Waals surface area (Å²) < 4.78 is 0. The number of hydrogen-bond acceptors (Lipinski definition) is 4. The minimum Gasteiger partial charge on any atom is -0.355 e. The molecule has 0 spiro atoms. The summed E-state index contributed by atoms with van der Waals surface area (Å²) >= 11 is 0. The van der Waals surface area contributed by atoms with Crippen molar-refractivity contribution in [3.8, 4) is 0 Å². The Labute approximate surface area is 128 Å². The van der Waals surface area contributed by atoms with Crippen molar-refractivity contribution in [2.24, 2.45) is 5.73 Å². The number of hydrogen-bond donors (Lipinski definition) is 1. The summed E-state index contributed by atoms with van der Waals surface area (Å²) in [5, 5.41) is 0. The van der Waals surface area contributed by atoms with Gasteiger partial charge in [0.05, 0.1) is 0 Å². The van der Waals surface area contributed by atoms with E-state index >= 15 is 0 Å². The lowest BCUT2D eigenvalue weighted by atomic mass is 10.2. The number of aromatic nitrogens is 1. The van der Waals surface area contributed by atoms with Gasteiger partial charge in [0.25, 0.3) is 0 Å². The SMILES string of the molecule is NCCCCN1CCCN(c2ccc3c(n2)CCC3)CC1. The van der Waals surface area contributed by atoms with E-state index in [1.807, 2.05) is 0 Å². The normalized spacial score (nSPS) is 19.6. The Bertz CT molecular complexity index is 460. The molecule has 0 aromatic carbocycles. The van der Waals surface area contributed by atoms with Gasteiger partial charge in [-0.15, -0.1) is 0 Å². The summed E-state index contributed by atoms with van der Waals surface area (Å²) in [4.78, 5) is 9.97. The van der Waals surface area contributed by atoms with Crippen LogP contribution in [0.25, 0.3) is 0 Å². The van der Waals surface area contributed by atoms with E-state index in [9.17, 15) is 0 Å². The highest BCUT2D eigenvalue weighted by Gasteiger charge is 2.18. The van der Waals surface area contributed by atoms with Crippen LogP contribution in [0.4, 0.5) is 5.82 Å². The molecule has 4 heteroatoms. The maximum Gasteiger partial charge on any atom is 0.128 e. The molecule has 1 fully saturated rings. The van der Waals surface area contributed by atoms with E-state index < -0.39 is 0 Å². The van der Waals surface area contributed by atoms with Crippen LogP contribution < -0.4 is 10.6 Å². The summed E-state index contributed by atoms with van der Waals surface area (Å²) in [6, 6.07) is 4.53. The zero-order chi connectivity index (χ0) is 14.5. The molecular weight excluding hydrogens is 260 g/mol. The number of pyridine rings is 1. The predicted molar refractivity (Wildman–Crippen MR) is 87.8 cm³/mol. The van der Waals surface area contributed by atoms with Crippen molar-refractivity contribution in [1.82, 2.24) is 9.88 Å². The number of fused-ring (bicyclic) bond motifs is 1. The fraction of sp³-hybridized carbons (Fsp3) is 0.706. The second-order valence-electron chi connectivity index (χ2n) is 6.31. The number of unbranched alkanes of at least 4 members (excludes halogenated alkanes) is 1. The van der Waals surface area contributed by atoms with Crippen molar-refractivity contribution >= 4 is 5.82 Å². The molecule has 0 unspecified atom stereocenters. The first-order valence-corrected chi connectivity index (χ1v) is 8.53. The molecule has 21 heavy (non-hydrogen) atoms. The highest BCUT2D eigenvalue weighted by Crippen LogP contribution is 2.23. The van der Waals surface area contributed by atoms with Gasteiger partial charge in [-0.05, 0) is 69.8 Å². The Morgan fingerprint density at radius 3 is 2.86 bits per heavy atom. The van der Waals surface area contributed by atoms with E-state index in [1.165, 1.54) is 62.3 Å². The van der Waals surface area contributed by atoms with Crippen LogP contribution in [0, 0.1) is 0 Å². The lowest BCUT2D eigenvalue weighted by molar-refractivity contribution is 0.288. The molecule has 0 amide bonds. The second kappa shape index (κ2) is 7.23. The maximum absolute atomic E-state index is 5.58. The summed E-state index contributed by atoms with van der Waals surface area (Å²) in [5.41, 5.74) is 8.40. The number of nitrogens with two attached hydrogens (primary N) is 1. The Hall–Kier alpha value is -1.13. The van der Waals surface area contributed by atoms with Crippen LogP contribution in [0.5, 0.6) is 0 Å². The number of aryl methyl sites for hydroxylation is 2. The minimum atomic E-state index is 0.818. The van der Waals surface area contributed by atoms with Crippen LogP contribution in [-0.2, 0) is 12.8 Å². The van der Waals surface area contributed by atoms with Crippen molar-refractivity contribution in [2.75, 3.05) is 44.2 Å². The minimum absolute atomic E-state index is 0.818. The highest BCUT2D eigenvalue weighted by atomic mass is 15.2. The van der Waals surface area contributed by atoms with Gasteiger partial charge in [-0.2, -0.15) is 0 Å². The molecule has 0 bridgehead atoms. The van der Waals surface area contributed by atoms with Crippen LogP contribution >= 0.6 is 0 Å². The molecule has 1 aliphatic carbocycles. The van der Waals surface area contributed by atoms with Gasteiger partial charge in [-0.3, -0.25) is 0 Å². The van der Waals surface area contributed by atoms with Gasteiger partial charge in [0.15, 0.2) is 0 Å². The molecule has 2 aliphatic rings. The Balaban J connectivity index is 1.57. The van der Waals surface area contributed by atoms with Crippen LogP contribution in [0.3, 0.4) is 0 Å². The average molecular weight is 288 g/mol. The van der Waals surface area contributed by atoms with Crippen molar-refractivity contribution in [3.63, 3.8) is 0 Å². The van der Waals surface area contributed by atoms with Crippen LogP contribution in [0.2, 0.25) is 0 Å². The third-order valence-electron chi connectivity index (χ3n) is 4.75. The lowest BCUT2D eigenvalue weighted by Crippen LogP contribution is -2.32. The number of anilines is 1. The number of rotatable bonds is 5. The molecule has 0 atom stereocenters. The lowest BCUT2D eigenvalue weighted by Gasteiger charge is -2.23. The summed E-state index contributed by atoms with van der Waals surface area (Å²) in [5.74, 6) is 1.19. The van der Waals surface area contributed by atoms with Gasteiger partial charge in [0.1, 0.15) is 5.82 Å². The van der Waals surface area contributed by atoms with Crippen molar-refractivity contribution in [3.05, 3.63) is 23.4 Å². The smallest absolute Gasteiger partial charge is 0.128 e. The largest absolute Gasteiger partial charge is 0.355 e. The van der Waals surface area contributed by atoms with E-state index in [1.54, 1.807) is 0 Å². The molecule has 1 aliphatic heterocycles. The first kappa shape index (κ1) is 14.8. The van der Waals surface area contributed by atoms with E-state index in [2.05, 4.69) is 21.9 Å². The summed E-state index contributed by atoms with van der Waals surface area (Å²) in [6.07, 6.45) is 7.28. The Morgan fingerprint density at radius 2 is 1.95 bits per heavy atom. The predicted octanol–water partition coefficient (Wildman–Crippen LogP) is 1.82. The maximum atomic E-state index is 5.58. The topological polar surface area (TPSA) is 45.4 Å². The van der Waals surface area contributed by atoms with E-state index in [4.69, 9.17) is 10.7 Å².